The minimum Gasteiger partial charge on any atom is -0.494 e. The van der Waals surface area contributed by atoms with E-state index in [1.807, 2.05) is 0 Å². The van der Waals surface area contributed by atoms with Crippen LogP contribution in [0.25, 0.3) is 10.9 Å². The van der Waals surface area contributed by atoms with Crippen LogP contribution in [0.15, 0.2) is 24.4 Å². The van der Waals surface area contributed by atoms with Crippen LogP contribution in [0.2, 0.25) is 0 Å². The highest BCUT2D eigenvalue weighted by Crippen LogP contribution is 2.33. The summed E-state index contributed by atoms with van der Waals surface area (Å²) in [5, 5.41) is 9.51. The molecule has 0 saturated heterocycles. The molecule has 0 unspecified atom stereocenters. The third-order valence-corrected chi connectivity index (χ3v) is 3.35. The van der Waals surface area contributed by atoms with Gasteiger partial charge in [-0.2, -0.15) is 0 Å². The molecule has 1 aliphatic rings. The molecule has 6 heteroatoms. The Kier molecular flexibility index (Phi) is 2.87. The number of pyridine rings is 1. The number of methoxy groups -OCH3 is 1. The van der Waals surface area contributed by atoms with Gasteiger partial charge in [-0.25, -0.2) is 0 Å². The van der Waals surface area contributed by atoms with Gasteiger partial charge in [0.2, 0.25) is 0 Å². The first-order valence-corrected chi connectivity index (χ1v) is 6.11. The van der Waals surface area contributed by atoms with E-state index in [0.29, 0.717) is 27.8 Å². The van der Waals surface area contributed by atoms with Crippen LogP contribution in [0.3, 0.4) is 0 Å². The van der Waals surface area contributed by atoms with Gasteiger partial charge in [0.1, 0.15) is 11.3 Å². The molecular weight excluding hydrogens is 260 g/mol. The molecule has 0 saturated carbocycles. The predicted octanol–water partition coefficient (Wildman–Crippen LogP) is 0.832. The fourth-order valence-electron chi connectivity index (χ4n) is 2.45. The van der Waals surface area contributed by atoms with Crippen LogP contribution in [0.4, 0.5) is 0 Å². The Morgan fingerprint density at radius 1 is 1.20 bits per heavy atom. The van der Waals surface area contributed by atoms with E-state index in [4.69, 9.17) is 9.84 Å². The summed E-state index contributed by atoms with van der Waals surface area (Å²) in [6.45, 7) is -0.288. The summed E-state index contributed by atoms with van der Waals surface area (Å²) in [5.74, 6) is -0.323. The third kappa shape index (κ3) is 1.58. The van der Waals surface area contributed by atoms with Crippen molar-refractivity contribution < 1.29 is 19.4 Å². The first kappa shape index (κ1) is 12.6. The molecule has 0 atom stereocenters. The van der Waals surface area contributed by atoms with E-state index >= 15 is 0 Å². The summed E-state index contributed by atoms with van der Waals surface area (Å²) in [6.07, 6.45) is 1.51. The average Bonchev–Trinajstić information content (AvgIpc) is 2.48. The smallest absolute Gasteiger partial charge is 0.261 e. The molecule has 2 heterocycles. The molecule has 1 aliphatic heterocycles. The Bertz CT molecular complexity index is 704. The summed E-state index contributed by atoms with van der Waals surface area (Å²) in [7, 11) is 1.51. The minimum absolute atomic E-state index is 0.0209. The van der Waals surface area contributed by atoms with Crippen LogP contribution in [-0.4, -0.2) is 47.1 Å². The number of imide groups is 1. The number of hydrogen-bond donors (Lipinski definition) is 1. The second-order valence-corrected chi connectivity index (χ2v) is 4.38. The summed E-state index contributed by atoms with van der Waals surface area (Å²) < 4.78 is 5.21. The van der Waals surface area contributed by atoms with E-state index in [-0.39, 0.29) is 13.2 Å². The fraction of sp³-hybridized carbons (Fsp3) is 0.214. The minimum atomic E-state index is -0.419. The molecule has 1 aromatic carbocycles. The van der Waals surface area contributed by atoms with E-state index in [2.05, 4.69) is 4.98 Å². The highest BCUT2D eigenvalue weighted by atomic mass is 16.5. The maximum atomic E-state index is 12.3. The fourth-order valence-corrected chi connectivity index (χ4v) is 2.45. The third-order valence-electron chi connectivity index (χ3n) is 3.35. The van der Waals surface area contributed by atoms with Crippen LogP contribution < -0.4 is 4.74 Å². The van der Waals surface area contributed by atoms with Crippen LogP contribution in [-0.2, 0) is 0 Å². The van der Waals surface area contributed by atoms with Gasteiger partial charge in [0.05, 0.1) is 31.4 Å². The number of aliphatic hydroxyl groups is 1. The van der Waals surface area contributed by atoms with Crippen LogP contribution >= 0.6 is 0 Å². The van der Waals surface area contributed by atoms with Crippen molar-refractivity contribution in [1.82, 2.24) is 9.88 Å². The number of carbonyl (C=O) groups is 2. The monoisotopic (exact) mass is 272 g/mol. The number of aromatic nitrogens is 1. The van der Waals surface area contributed by atoms with Gasteiger partial charge < -0.3 is 9.84 Å². The first-order valence-electron chi connectivity index (χ1n) is 6.11. The van der Waals surface area contributed by atoms with Gasteiger partial charge in [0.25, 0.3) is 11.8 Å². The molecule has 6 nitrogen and oxygen atoms in total. The topological polar surface area (TPSA) is 79.7 Å². The van der Waals surface area contributed by atoms with Gasteiger partial charge in [0.15, 0.2) is 0 Å². The Morgan fingerprint density at radius 3 is 2.55 bits per heavy atom. The van der Waals surface area contributed by atoms with Crippen molar-refractivity contribution >= 4 is 22.7 Å². The molecule has 0 spiro atoms. The molecule has 102 valence electrons. The number of aliphatic hydroxyl groups excluding tert-OH is 1. The summed E-state index contributed by atoms with van der Waals surface area (Å²) in [5.41, 5.74) is 1.29. The number of carbonyl (C=O) groups excluding carboxylic acids is 2. The van der Waals surface area contributed by atoms with E-state index in [1.165, 1.54) is 13.3 Å². The quantitative estimate of drug-likeness (QED) is 0.837. The lowest BCUT2D eigenvalue weighted by atomic mass is 9.96. The van der Waals surface area contributed by atoms with E-state index in [9.17, 15) is 9.59 Å². The molecule has 0 aliphatic carbocycles. The number of amides is 2. The maximum absolute atomic E-state index is 12.3. The van der Waals surface area contributed by atoms with Gasteiger partial charge in [-0.3, -0.25) is 19.5 Å². The van der Waals surface area contributed by atoms with Gasteiger partial charge in [-0.05, 0) is 18.2 Å². The number of nitrogens with zero attached hydrogens (tertiary/aromatic N) is 2. The zero-order valence-electron chi connectivity index (χ0n) is 10.8. The van der Waals surface area contributed by atoms with Crippen molar-refractivity contribution in [1.29, 1.82) is 0 Å². The highest BCUT2D eigenvalue weighted by molar-refractivity contribution is 6.25. The molecule has 2 amide bonds. The van der Waals surface area contributed by atoms with Crippen molar-refractivity contribution in [3.63, 3.8) is 0 Å². The normalized spacial score (nSPS) is 14.0. The lowest BCUT2D eigenvalue weighted by Crippen LogP contribution is -2.42. The Labute approximate surface area is 114 Å². The lowest BCUT2D eigenvalue weighted by Gasteiger charge is -2.26. The lowest BCUT2D eigenvalue weighted by molar-refractivity contribution is 0.0580. The largest absolute Gasteiger partial charge is 0.494 e. The zero-order chi connectivity index (χ0) is 14.3. The second kappa shape index (κ2) is 4.57. The molecule has 0 fully saturated rings. The van der Waals surface area contributed by atoms with E-state index < -0.39 is 11.8 Å². The van der Waals surface area contributed by atoms with Crippen molar-refractivity contribution in [3.05, 3.63) is 35.5 Å². The predicted molar refractivity (Wildman–Crippen MR) is 70.7 cm³/mol. The highest BCUT2D eigenvalue weighted by Gasteiger charge is 2.33. The van der Waals surface area contributed by atoms with Crippen molar-refractivity contribution in [2.45, 2.75) is 0 Å². The second-order valence-electron chi connectivity index (χ2n) is 4.38. The first-order chi connectivity index (χ1) is 9.69. The number of ether oxygens (including phenoxy) is 1. The van der Waals surface area contributed by atoms with Crippen LogP contribution in [0.1, 0.15) is 20.7 Å². The van der Waals surface area contributed by atoms with E-state index in [1.54, 1.807) is 18.2 Å². The molecule has 3 rings (SSSR count). The molecule has 1 aromatic heterocycles. The molecule has 1 N–H and O–H groups in total. The average molecular weight is 272 g/mol. The molecule has 0 bridgehead atoms. The van der Waals surface area contributed by atoms with Gasteiger partial charge in [0, 0.05) is 11.6 Å². The summed E-state index contributed by atoms with van der Waals surface area (Å²) in [4.78, 5) is 29.9. The molecule has 2 aromatic rings. The Hall–Kier alpha value is -2.47. The maximum Gasteiger partial charge on any atom is 0.261 e. The number of rotatable bonds is 3. The van der Waals surface area contributed by atoms with Crippen molar-refractivity contribution in [2.24, 2.45) is 0 Å². The van der Waals surface area contributed by atoms with Gasteiger partial charge >= 0.3 is 0 Å². The number of β-amino-alcohol motifs (C(OH)–C–C–N with tert-alkyl or cyclic N) is 1. The molecule has 0 radical (unpaired) electrons. The van der Waals surface area contributed by atoms with E-state index in [0.717, 1.165) is 4.90 Å². The van der Waals surface area contributed by atoms with Crippen LogP contribution in [0, 0.1) is 0 Å². The summed E-state index contributed by atoms with van der Waals surface area (Å²) >= 11 is 0. The standard InChI is InChI=1S/C14H12N2O4/c1-20-10-3-2-8-11-9(4-5-15-12(10)11)14(19)16(6-7-17)13(8)18/h2-5,17H,6-7H2,1H3. The zero-order valence-corrected chi connectivity index (χ0v) is 10.8. The van der Waals surface area contributed by atoms with Crippen LogP contribution in [0.5, 0.6) is 5.75 Å². The summed E-state index contributed by atoms with van der Waals surface area (Å²) in [6, 6.07) is 4.84. The molecular formula is C14H12N2O4. The Balaban J connectivity index is 2.33. The van der Waals surface area contributed by atoms with Gasteiger partial charge in [-0.15, -0.1) is 0 Å². The van der Waals surface area contributed by atoms with Gasteiger partial charge in [-0.1, -0.05) is 0 Å². The van der Waals surface area contributed by atoms with Crippen molar-refractivity contribution in [3.8, 4) is 5.75 Å². The number of benzene rings is 1. The SMILES string of the molecule is COc1ccc2c3c(ccnc13)C(=O)N(CCO)C2=O. The number of hydrogen-bond acceptors (Lipinski definition) is 5. The molecule has 20 heavy (non-hydrogen) atoms. The van der Waals surface area contributed by atoms with Crippen molar-refractivity contribution in [2.75, 3.05) is 20.3 Å². The Morgan fingerprint density at radius 2 is 1.90 bits per heavy atom.